The minimum absolute atomic E-state index is 0.147. The van der Waals surface area contributed by atoms with Crippen LogP contribution in [0, 0.1) is 6.92 Å². The number of aryl methyl sites for hydroxylation is 1. The molecule has 0 atom stereocenters. The molecule has 1 saturated heterocycles. The number of nitrogens with one attached hydrogen (secondary N) is 2. The Kier molecular flexibility index (Phi) is 5.78. The number of nitrogens with zero attached hydrogens (tertiary/aromatic N) is 3. The number of carbonyl (C=O) groups excluding carboxylic acids is 1. The zero-order valence-corrected chi connectivity index (χ0v) is 13.0. The van der Waals surface area contributed by atoms with Crippen LogP contribution in [0.1, 0.15) is 38.4 Å². The van der Waals surface area contributed by atoms with E-state index in [0.29, 0.717) is 18.2 Å². The van der Waals surface area contributed by atoms with Crippen molar-refractivity contribution in [2.75, 3.05) is 36.8 Å². The van der Waals surface area contributed by atoms with E-state index in [1.807, 2.05) is 17.9 Å². The SMILES string of the molecule is CCCNc1cc(NCC(=O)N2CCCCC2)nc(C)n1. The van der Waals surface area contributed by atoms with Crippen molar-refractivity contribution < 1.29 is 4.79 Å². The third-order valence-electron chi connectivity index (χ3n) is 3.52. The van der Waals surface area contributed by atoms with Crippen molar-refractivity contribution in [1.29, 1.82) is 0 Å². The summed E-state index contributed by atoms with van der Waals surface area (Å²) >= 11 is 0. The van der Waals surface area contributed by atoms with Crippen LogP contribution in [0.3, 0.4) is 0 Å². The molecule has 2 rings (SSSR count). The van der Waals surface area contributed by atoms with Crippen LogP contribution in [0.5, 0.6) is 0 Å². The minimum atomic E-state index is 0.147. The standard InChI is InChI=1S/C15H25N5O/c1-3-7-16-13-10-14(19-12(2)18-13)17-11-15(21)20-8-5-4-6-9-20/h10H,3-9,11H2,1-2H3,(H2,16,17,18,19). The summed E-state index contributed by atoms with van der Waals surface area (Å²) in [7, 11) is 0. The predicted octanol–water partition coefficient (Wildman–Crippen LogP) is 2.03. The average molecular weight is 291 g/mol. The lowest BCUT2D eigenvalue weighted by molar-refractivity contribution is -0.130. The molecule has 6 heteroatoms. The molecular weight excluding hydrogens is 266 g/mol. The summed E-state index contributed by atoms with van der Waals surface area (Å²) in [5, 5.41) is 6.36. The molecule has 0 unspecified atom stereocenters. The van der Waals surface area contributed by atoms with Crippen molar-refractivity contribution in [2.24, 2.45) is 0 Å². The Balaban J connectivity index is 1.89. The average Bonchev–Trinajstić information content (AvgIpc) is 2.51. The van der Waals surface area contributed by atoms with Gasteiger partial charge in [-0.3, -0.25) is 4.79 Å². The molecule has 116 valence electrons. The van der Waals surface area contributed by atoms with Crippen molar-refractivity contribution in [3.8, 4) is 0 Å². The lowest BCUT2D eigenvalue weighted by Gasteiger charge is -2.26. The highest BCUT2D eigenvalue weighted by Crippen LogP contribution is 2.12. The van der Waals surface area contributed by atoms with Gasteiger partial charge in [0.15, 0.2) is 0 Å². The number of amides is 1. The van der Waals surface area contributed by atoms with Gasteiger partial charge < -0.3 is 15.5 Å². The van der Waals surface area contributed by atoms with E-state index in [4.69, 9.17) is 0 Å². The van der Waals surface area contributed by atoms with Crippen molar-refractivity contribution in [3.63, 3.8) is 0 Å². The highest BCUT2D eigenvalue weighted by molar-refractivity contribution is 5.80. The van der Waals surface area contributed by atoms with Gasteiger partial charge in [0.25, 0.3) is 0 Å². The van der Waals surface area contributed by atoms with E-state index in [1.54, 1.807) is 0 Å². The smallest absolute Gasteiger partial charge is 0.241 e. The summed E-state index contributed by atoms with van der Waals surface area (Å²) in [6, 6.07) is 1.85. The number of carbonyl (C=O) groups is 1. The second kappa shape index (κ2) is 7.81. The van der Waals surface area contributed by atoms with Crippen LogP contribution < -0.4 is 10.6 Å². The van der Waals surface area contributed by atoms with E-state index in [0.717, 1.165) is 44.7 Å². The Labute approximate surface area is 126 Å². The number of likely N-dealkylation sites (tertiary alicyclic amines) is 1. The Morgan fingerprint density at radius 2 is 1.86 bits per heavy atom. The van der Waals surface area contributed by atoms with Crippen LogP contribution in [0.2, 0.25) is 0 Å². The number of hydrogen-bond acceptors (Lipinski definition) is 5. The maximum atomic E-state index is 12.1. The third-order valence-corrected chi connectivity index (χ3v) is 3.52. The van der Waals surface area contributed by atoms with Crippen LogP contribution in [0.4, 0.5) is 11.6 Å². The Hall–Kier alpha value is -1.85. The molecule has 0 radical (unpaired) electrons. The molecular formula is C15H25N5O. The van der Waals surface area contributed by atoms with Gasteiger partial charge in [0.05, 0.1) is 6.54 Å². The minimum Gasteiger partial charge on any atom is -0.370 e. The quantitative estimate of drug-likeness (QED) is 0.839. The highest BCUT2D eigenvalue weighted by atomic mass is 16.2. The van der Waals surface area contributed by atoms with Gasteiger partial charge >= 0.3 is 0 Å². The molecule has 0 aromatic carbocycles. The van der Waals surface area contributed by atoms with Gasteiger partial charge in [0.1, 0.15) is 17.5 Å². The molecule has 0 aliphatic carbocycles. The van der Waals surface area contributed by atoms with Gasteiger partial charge in [-0.1, -0.05) is 6.92 Å². The number of anilines is 2. The lowest BCUT2D eigenvalue weighted by Crippen LogP contribution is -2.39. The Morgan fingerprint density at radius 3 is 2.52 bits per heavy atom. The molecule has 6 nitrogen and oxygen atoms in total. The zero-order chi connectivity index (χ0) is 15.1. The van der Waals surface area contributed by atoms with Gasteiger partial charge in [-0.25, -0.2) is 9.97 Å². The second-order valence-corrected chi connectivity index (χ2v) is 5.41. The molecule has 0 spiro atoms. The second-order valence-electron chi connectivity index (χ2n) is 5.41. The lowest BCUT2D eigenvalue weighted by atomic mass is 10.1. The fourth-order valence-electron chi connectivity index (χ4n) is 2.42. The van der Waals surface area contributed by atoms with E-state index in [9.17, 15) is 4.79 Å². The first kappa shape index (κ1) is 15.5. The maximum Gasteiger partial charge on any atom is 0.241 e. The highest BCUT2D eigenvalue weighted by Gasteiger charge is 2.16. The first-order valence-corrected chi connectivity index (χ1v) is 7.80. The fourth-order valence-corrected chi connectivity index (χ4v) is 2.42. The van der Waals surface area contributed by atoms with Crippen LogP contribution in [-0.4, -0.2) is 47.0 Å². The number of piperidine rings is 1. The Bertz CT molecular complexity index is 471. The number of hydrogen-bond donors (Lipinski definition) is 2. The van der Waals surface area contributed by atoms with Crippen molar-refractivity contribution in [3.05, 3.63) is 11.9 Å². The van der Waals surface area contributed by atoms with E-state index in [2.05, 4.69) is 27.5 Å². The van der Waals surface area contributed by atoms with Crippen LogP contribution >= 0.6 is 0 Å². The molecule has 1 amide bonds. The zero-order valence-electron chi connectivity index (χ0n) is 13.0. The van der Waals surface area contributed by atoms with E-state index in [-0.39, 0.29) is 5.91 Å². The van der Waals surface area contributed by atoms with Crippen molar-refractivity contribution >= 4 is 17.5 Å². The Morgan fingerprint density at radius 1 is 1.19 bits per heavy atom. The summed E-state index contributed by atoms with van der Waals surface area (Å²) in [4.78, 5) is 22.7. The summed E-state index contributed by atoms with van der Waals surface area (Å²) in [6.07, 6.45) is 4.50. The summed E-state index contributed by atoms with van der Waals surface area (Å²) in [5.41, 5.74) is 0. The molecule has 1 aliphatic rings. The third kappa shape index (κ3) is 4.88. The first-order valence-electron chi connectivity index (χ1n) is 7.80. The first-order chi connectivity index (χ1) is 10.2. The van der Waals surface area contributed by atoms with Crippen LogP contribution in [0.15, 0.2) is 6.07 Å². The maximum absolute atomic E-state index is 12.1. The topological polar surface area (TPSA) is 70.2 Å². The van der Waals surface area contributed by atoms with Gasteiger partial charge in [-0.15, -0.1) is 0 Å². The molecule has 1 aromatic rings. The number of rotatable bonds is 6. The molecule has 1 aromatic heterocycles. The molecule has 2 N–H and O–H groups in total. The van der Waals surface area contributed by atoms with Gasteiger partial charge in [0.2, 0.25) is 5.91 Å². The predicted molar refractivity (Wildman–Crippen MR) is 84.5 cm³/mol. The molecule has 0 bridgehead atoms. The molecule has 0 saturated carbocycles. The van der Waals surface area contributed by atoms with Crippen LogP contribution in [0.25, 0.3) is 0 Å². The van der Waals surface area contributed by atoms with Gasteiger partial charge in [-0.2, -0.15) is 0 Å². The van der Waals surface area contributed by atoms with E-state index in [1.165, 1.54) is 6.42 Å². The molecule has 21 heavy (non-hydrogen) atoms. The van der Waals surface area contributed by atoms with Gasteiger partial charge in [-0.05, 0) is 32.6 Å². The largest absolute Gasteiger partial charge is 0.370 e. The molecule has 1 fully saturated rings. The van der Waals surface area contributed by atoms with E-state index >= 15 is 0 Å². The molecule has 2 heterocycles. The van der Waals surface area contributed by atoms with Gasteiger partial charge in [0, 0.05) is 25.7 Å². The monoisotopic (exact) mass is 291 g/mol. The fraction of sp³-hybridized carbons (Fsp3) is 0.667. The summed E-state index contributed by atoms with van der Waals surface area (Å²) in [5.74, 6) is 2.35. The number of aromatic nitrogens is 2. The summed E-state index contributed by atoms with van der Waals surface area (Å²) in [6.45, 7) is 6.90. The normalized spacial score (nSPS) is 14.9. The van der Waals surface area contributed by atoms with Crippen LogP contribution in [-0.2, 0) is 4.79 Å². The molecule has 1 aliphatic heterocycles. The van der Waals surface area contributed by atoms with Crippen molar-refractivity contribution in [1.82, 2.24) is 14.9 Å². The van der Waals surface area contributed by atoms with Crippen molar-refractivity contribution in [2.45, 2.75) is 39.5 Å². The van der Waals surface area contributed by atoms with E-state index < -0.39 is 0 Å². The summed E-state index contributed by atoms with van der Waals surface area (Å²) < 4.78 is 0.